The van der Waals surface area contributed by atoms with E-state index in [0.29, 0.717) is 19.8 Å². The first-order valence-corrected chi connectivity index (χ1v) is 13.3. The Morgan fingerprint density at radius 3 is 1.84 bits per heavy atom. The average Bonchev–Trinajstić information content (AvgIpc) is 3.45. The molecule has 0 radical (unpaired) electrons. The van der Waals surface area contributed by atoms with Crippen LogP contribution in [0, 0.1) is 5.92 Å². The standard InChI is InChI=1S/C28H34O3Si/c1-27(2,3)32(25-15-9-5-10-16-25,26-17-11-6-12-18-26)31-22-28(29)19-24(28)21-30-20-23-13-7-4-8-14-23/h4-18,24,29H,19-22H2,1-3H3/t24-,28-/m0/s1. The van der Waals surface area contributed by atoms with Gasteiger partial charge in [-0.15, -0.1) is 0 Å². The predicted octanol–water partition coefficient (Wildman–Crippen LogP) is 4.53. The molecule has 0 bridgehead atoms. The maximum absolute atomic E-state index is 11.2. The van der Waals surface area contributed by atoms with E-state index in [4.69, 9.17) is 9.16 Å². The summed E-state index contributed by atoms with van der Waals surface area (Å²) in [6.07, 6.45) is 0.722. The molecule has 0 saturated heterocycles. The summed E-state index contributed by atoms with van der Waals surface area (Å²) < 4.78 is 12.8. The molecule has 2 atom stereocenters. The van der Waals surface area contributed by atoms with Gasteiger partial charge in [-0.3, -0.25) is 0 Å². The Labute approximate surface area is 193 Å². The molecule has 1 aliphatic rings. The van der Waals surface area contributed by atoms with Crippen LogP contribution in [0.2, 0.25) is 5.04 Å². The van der Waals surface area contributed by atoms with Crippen molar-refractivity contribution in [2.45, 2.75) is 44.4 Å². The summed E-state index contributed by atoms with van der Waals surface area (Å²) in [7, 11) is -2.63. The van der Waals surface area contributed by atoms with Crippen LogP contribution in [-0.4, -0.2) is 32.2 Å². The summed E-state index contributed by atoms with van der Waals surface area (Å²) in [5.41, 5.74) is 0.337. The van der Waals surface area contributed by atoms with E-state index in [0.717, 1.165) is 12.0 Å². The molecule has 3 aromatic carbocycles. The van der Waals surface area contributed by atoms with Crippen molar-refractivity contribution in [3.8, 4) is 0 Å². The molecule has 1 N–H and O–H groups in total. The Bertz CT molecular complexity index is 946. The lowest BCUT2D eigenvalue weighted by Crippen LogP contribution is -2.67. The molecule has 0 unspecified atom stereocenters. The first-order chi connectivity index (χ1) is 15.4. The summed E-state index contributed by atoms with van der Waals surface area (Å²) >= 11 is 0. The summed E-state index contributed by atoms with van der Waals surface area (Å²) in [4.78, 5) is 0. The van der Waals surface area contributed by atoms with E-state index >= 15 is 0 Å². The minimum atomic E-state index is -2.63. The van der Waals surface area contributed by atoms with Crippen LogP contribution in [-0.2, 0) is 15.8 Å². The zero-order valence-corrected chi connectivity index (χ0v) is 20.3. The van der Waals surface area contributed by atoms with Gasteiger partial charge in [-0.05, 0) is 27.4 Å². The molecule has 0 heterocycles. The third-order valence-electron chi connectivity index (χ3n) is 6.59. The number of rotatable bonds is 9. The van der Waals surface area contributed by atoms with Gasteiger partial charge in [0.25, 0.3) is 8.32 Å². The summed E-state index contributed by atoms with van der Waals surface area (Å²) in [6.45, 7) is 8.24. The Morgan fingerprint density at radius 2 is 1.34 bits per heavy atom. The van der Waals surface area contributed by atoms with Gasteiger partial charge >= 0.3 is 0 Å². The van der Waals surface area contributed by atoms with Crippen molar-refractivity contribution in [1.29, 1.82) is 0 Å². The fourth-order valence-corrected chi connectivity index (χ4v) is 9.27. The number of hydrogen-bond donors (Lipinski definition) is 1. The first-order valence-electron chi connectivity index (χ1n) is 11.4. The topological polar surface area (TPSA) is 38.7 Å². The van der Waals surface area contributed by atoms with Gasteiger partial charge in [0, 0.05) is 5.92 Å². The molecular formula is C28H34O3Si. The third kappa shape index (κ3) is 4.74. The van der Waals surface area contributed by atoms with E-state index in [2.05, 4.69) is 81.4 Å². The second-order valence-electron chi connectivity index (χ2n) is 9.96. The molecule has 0 aromatic heterocycles. The van der Waals surface area contributed by atoms with Gasteiger partial charge in [-0.25, -0.2) is 0 Å². The van der Waals surface area contributed by atoms with Crippen molar-refractivity contribution in [2.24, 2.45) is 5.92 Å². The minimum absolute atomic E-state index is 0.0970. The number of ether oxygens (including phenoxy) is 1. The molecule has 0 amide bonds. The third-order valence-corrected chi connectivity index (χ3v) is 11.6. The van der Waals surface area contributed by atoms with E-state index in [1.165, 1.54) is 10.4 Å². The van der Waals surface area contributed by atoms with E-state index in [1.807, 2.05) is 30.3 Å². The molecule has 4 heteroatoms. The largest absolute Gasteiger partial charge is 0.404 e. The Kier molecular flexibility index (Phi) is 6.68. The Morgan fingerprint density at radius 1 is 0.844 bits per heavy atom. The van der Waals surface area contributed by atoms with E-state index in [-0.39, 0.29) is 11.0 Å². The van der Waals surface area contributed by atoms with E-state index < -0.39 is 13.9 Å². The smallest absolute Gasteiger partial charge is 0.261 e. The van der Waals surface area contributed by atoms with Crippen LogP contribution in [0.4, 0.5) is 0 Å². The van der Waals surface area contributed by atoms with Crippen molar-refractivity contribution in [3.63, 3.8) is 0 Å². The molecule has 3 aromatic rings. The molecular weight excluding hydrogens is 412 g/mol. The second kappa shape index (κ2) is 9.32. The molecule has 168 valence electrons. The second-order valence-corrected chi connectivity index (χ2v) is 14.3. The summed E-state index contributed by atoms with van der Waals surface area (Å²) in [5.74, 6) is 0.115. The van der Waals surface area contributed by atoms with Crippen LogP contribution in [0.3, 0.4) is 0 Å². The molecule has 4 rings (SSSR count). The molecule has 0 aliphatic heterocycles. The van der Waals surface area contributed by atoms with Crippen LogP contribution in [0.5, 0.6) is 0 Å². The quantitative estimate of drug-likeness (QED) is 0.491. The van der Waals surface area contributed by atoms with Gasteiger partial charge in [0.1, 0.15) is 0 Å². The van der Waals surface area contributed by atoms with E-state index in [9.17, 15) is 5.11 Å². The fraction of sp³-hybridized carbons (Fsp3) is 0.357. The summed E-state index contributed by atoms with van der Waals surface area (Å²) in [6, 6.07) is 31.3. The van der Waals surface area contributed by atoms with Crippen molar-refractivity contribution >= 4 is 18.7 Å². The molecule has 1 saturated carbocycles. The maximum atomic E-state index is 11.2. The van der Waals surface area contributed by atoms with Crippen molar-refractivity contribution in [1.82, 2.24) is 0 Å². The Hall–Kier alpha value is -2.24. The molecule has 3 nitrogen and oxygen atoms in total. The zero-order valence-electron chi connectivity index (χ0n) is 19.3. The Balaban J connectivity index is 1.50. The van der Waals surface area contributed by atoms with Crippen molar-refractivity contribution < 1.29 is 14.3 Å². The van der Waals surface area contributed by atoms with Gasteiger partial charge in [0.15, 0.2) is 0 Å². The predicted molar refractivity (Wildman–Crippen MR) is 133 cm³/mol. The SMILES string of the molecule is CC(C)(C)[Si](OC[C@@]1(O)C[C@H]1COCc1ccccc1)(c1ccccc1)c1ccccc1. The zero-order chi connectivity index (χ0) is 22.7. The molecule has 1 aliphatic carbocycles. The highest BCUT2D eigenvalue weighted by molar-refractivity contribution is 6.99. The number of hydrogen-bond acceptors (Lipinski definition) is 3. The van der Waals surface area contributed by atoms with Gasteiger partial charge < -0.3 is 14.3 Å². The highest BCUT2D eigenvalue weighted by Crippen LogP contribution is 2.46. The van der Waals surface area contributed by atoms with E-state index in [1.54, 1.807) is 0 Å². The van der Waals surface area contributed by atoms with Crippen molar-refractivity contribution in [3.05, 3.63) is 96.6 Å². The van der Waals surface area contributed by atoms with Crippen molar-refractivity contribution in [2.75, 3.05) is 13.2 Å². The monoisotopic (exact) mass is 446 g/mol. The normalized spacial score (nSPS) is 20.8. The lowest BCUT2D eigenvalue weighted by molar-refractivity contribution is 0.0359. The van der Waals surface area contributed by atoms with Gasteiger partial charge in [0.2, 0.25) is 0 Å². The van der Waals surface area contributed by atoms with Crippen LogP contribution in [0.1, 0.15) is 32.8 Å². The lowest BCUT2D eigenvalue weighted by Gasteiger charge is -2.43. The maximum Gasteiger partial charge on any atom is 0.261 e. The molecule has 0 spiro atoms. The highest BCUT2D eigenvalue weighted by atomic mass is 28.4. The molecule has 1 fully saturated rings. The van der Waals surface area contributed by atoms with Crippen LogP contribution in [0.25, 0.3) is 0 Å². The van der Waals surface area contributed by atoms with Gasteiger partial charge in [-0.1, -0.05) is 112 Å². The number of benzene rings is 3. The lowest BCUT2D eigenvalue weighted by atomic mass is 10.2. The van der Waals surface area contributed by atoms with Crippen LogP contribution >= 0.6 is 0 Å². The fourth-order valence-electron chi connectivity index (χ4n) is 4.65. The van der Waals surface area contributed by atoms with Gasteiger partial charge in [0.05, 0.1) is 25.4 Å². The highest BCUT2D eigenvalue weighted by Gasteiger charge is 2.57. The van der Waals surface area contributed by atoms with Gasteiger partial charge in [-0.2, -0.15) is 0 Å². The van der Waals surface area contributed by atoms with Crippen LogP contribution in [0.15, 0.2) is 91.0 Å². The average molecular weight is 447 g/mol. The minimum Gasteiger partial charge on any atom is -0.404 e. The van der Waals surface area contributed by atoms with Crippen LogP contribution < -0.4 is 10.4 Å². The first kappa shape index (κ1) is 22.9. The summed E-state index contributed by atoms with van der Waals surface area (Å²) in [5, 5.41) is 13.6. The molecule has 32 heavy (non-hydrogen) atoms. The number of aliphatic hydroxyl groups is 1.